The van der Waals surface area contributed by atoms with Gasteiger partial charge in [-0.3, -0.25) is 4.79 Å². The average Bonchev–Trinajstić information content (AvgIpc) is 3.30. The van der Waals surface area contributed by atoms with Gasteiger partial charge in [0.15, 0.2) is 5.78 Å². The van der Waals surface area contributed by atoms with Crippen molar-refractivity contribution in [3.63, 3.8) is 0 Å². The number of allylic oxidation sites excluding steroid dienone is 1. The Labute approximate surface area is 163 Å². The summed E-state index contributed by atoms with van der Waals surface area (Å²) in [5.41, 5.74) is 1.08. The van der Waals surface area contributed by atoms with Crippen LogP contribution in [0.4, 0.5) is 0 Å². The average molecular weight is 371 g/mol. The highest BCUT2D eigenvalue weighted by atomic mass is 16.5. The Bertz CT molecular complexity index is 609. The number of carbonyl (C=O) groups is 1. The molecule has 0 radical (unpaired) electrons. The van der Waals surface area contributed by atoms with Crippen LogP contribution in [0.5, 0.6) is 0 Å². The van der Waals surface area contributed by atoms with Crippen molar-refractivity contribution in [3.8, 4) is 0 Å². The molecular formula is C24H34O3. The van der Waals surface area contributed by atoms with Crippen LogP contribution in [0.1, 0.15) is 69.8 Å². The maximum absolute atomic E-state index is 12.6. The van der Waals surface area contributed by atoms with Crippen molar-refractivity contribution >= 4 is 5.78 Å². The van der Waals surface area contributed by atoms with Crippen molar-refractivity contribution in [3.05, 3.63) is 48.0 Å². The number of rotatable bonds is 11. The monoisotopic (exact) mass is 370 g/mol. The molecule has 2 aliphatic rings. The number of unbranched alkanes of at least 4 members (excludes halogenated alkanes) is 4. The Morgan fingerprint density at radius 3 is 2.59 bits per heavy atom. The molecule has 27 heavy (non-hydrogen) atoms. The fourth-order valence-electron chi connectivity index (χ4n) is 4.73. The maximum atomic E-state index is 12.6. The van der Waals surface area contributed by atoms with Crippen molar-refractivity contribution < 1.29 is 14.6 Å². The normalized spacial score (nSPS) is 28.1. The minimum absolute atomic E-state index is 0.0908. The van der Waals surface area contributed by atoms with Crippen molar-refractivity contribution in [1.29, 1.82) is 0 Å². The number of carbonyl (C=O) groups excluding carboxylic acids is 1. The van der Waals surface area contributed by atoms with Gasteiger partial charge in [0, 0.05) is 18.4 Å². The molecular weight excluding hydrogens is 336 g/mol. The number of aliphatic hydroxyl groups excluding tert-OH is 1. The van der Waals surface area contributed by atoms with Crippen molar-refractivity contribution in [2.75, 3.05) is 6.61 Å². The SMILES string of the molecule is CC(C(=O)C=C[C@H]1[C@@H](CCCCCCCO)[C@H]2CC[C@@H]1O2)c1ccccc1. The topological polar surface area (TPSA) is 46.5 Å². The Morgan fingerprint density at radius 2 is 1.81 bits per heavy atom. The Kier molecular flexibility index (Phi) is 7.66. The first-order valence-corrected chi connectivity index (χ1v) is 10.7. The summed E-state index contributed by atoms with van der Waals surface area (Å²) in [6.45, 7) is 2.30. The number of fused-ring (bicyclic) bond motifs is 2. The molecule has 1 aromatic carbocycles. The highest BCUT2D eigenvalue weighted by Gasteiger charge is 2.47. The van der Waals surface area contributed by atoms with Crippen molar-refractivity contribution in [2.45, 2.75) is 76.4 Å². The Morgan fingerprint density at radius 1 is 1.11 bits per heavy atom. The molecule has 2 aliphatic heterocycles. The lowest BCUT2D eigenvalue weighted by atomic mass is 9.76. The molecule has 2 heterocycles. The smallest absolute Gasteiger partial charge is 0.162 e. The van der Waals surface area contributed by atoms with E-state index in [4.69, 9.17) is 9.84 Å². The molecule has 0 amide bonds. The number of ketones is 1. The van der Waals surface area contributed by atoms with Crippen LogP contribution >= 0.6 is 0 Å². The van der Waals surface area contributed by atoms with Gasteiger partial charge < -0.3 is 9.84 Å². The van der Waals surface area contributed by atoms with Gasteiger partial charge >= 0.3 is 0 Å². The largest absolute Gasteiger partial charge is 0.396 e. The van der Waals surface area contributed by atoms with Gasteiger partial charge in [-0.05, 0) is 43.2 Å². The first kappa shape index (κ1) is 20.3. The van der Waals surface area contributed by atoms with Crippen LogP contribution in [0.3, 0.4) is 0 Å². The van der Waals surface area contributed by atoms with E-state index in [-0.39, 0.29) is 11.7 Å². The summed E-state index contributed by atoms with van der Waals surface area (Å²) in [7, 11) is 0. The molecule has 2 bridgehead atoms. The lowest BCUT2D eigenvalue weighted by molar-refractivity contribution is -0.115. The van der Waals surface area contributed by atoms with Crippen molar-refractivity contribution in [2.24, 2.45) is 11.8 Å². The molecule has 1 unspecified atom stereocenters. The van der Waals surface area contributed by atoms with E-state index >= 15 is 0 Å². The summed E-state index contributed by atoms with van der Waals surface area (Å²) < 4.78 is 6.17. The molecule has 3 nitrogen and oxygen atoms in total. The zero-order chi connectivity index (χ0) is 19.1. The molecule has 0 aromatic heterocycles. The third-order valence-corrected chi connectivity index (χ3v) is 6.39. The highest BCUT2D eigenvalue weighted by molar-refractivity contribution is 5.95. The second-order valence-electron chi connectivity index (χ2n) is 8.21. The van der Waals surface area contributed by atoms with Crippen LogP contribution in [-0.4, -0.2) is 29.7 Å². The molecule has 2 fully saturated rings. The lowest BCUT2D eigenvalue weighted by Gasteiger charge is -2.25. The number of benzene rings is 1. The van der Waals surface area contributed by atoms with Crippen LogP contribution in [0.25, 0.3) is 0 Å². The van der Waals surface area contributed by atoms with Crippen LogP contribution < -0.4 is 0 Å². The fourth-order valence-corrected chi connectivity index (χ4v) is 4.73. The minimum Gasteiger partial charge on any atom is -0.396 e. The third-order valence-electron chi connectivity index (χ3n) is 6.39. The lowest BCUT2D eigenvalue weighted by Crippen LogP contribution is -2.26. The summed E-state index contributed by atoms with van der Waals surface area (Å²) in [6, 6.07) is 10.0. The minimum atomic E-state index is -0.0908. The second kappa shape index (κ2) is 10.2. The van der Waals surface area contributed by atoms with Crippen LogP contribution in [-0.2, 0) is 9.53 Å². The van der Waals surface area contributed by atoms with Crippen LogP contribution in [0.2, 0.25) is 0 Å². The van der Waals surface area contributed by atoms with E-state index in [9.17, 15) is 4.79 Å². The summed E-state index contributed by atoms with van der Waals surface area (Å²) in [5, 5.41) is 8.87. The van der Waals surface area contributed by atoms with Gasteiger partial charge in [-0.2, -0.15) is 0 Å². The van der Waals surface area contributed by atoms with Crippen LogP contribution in [0, 0.1) is 11.8 Å². The number of aliphatic hydroxyl groups is 1. The first-order chi connectivity index (χ1) is 13.2. The van der Waals surface area contributed by atoms with Gasteiger partial charge in [-0.25, -0.2) is 0 Å². The molecule has 1 N–H and O–H groups in total. The predicted molar refractivity (Wildman–Crippen MR) is 109 cm³/mol. The van der Waals surface area contributed by atoms with E-state index < -0.39 is 0 Å². The summed E-state index contributed by atoms with van der Waals surface area (Å²) >= 11 is 0. The second-order valence-corrected chi connectivity index (χ2v) is 8.21. The molecule has 0 spiro atoms. The van der Waals surface area contributed by atoms with Gasteiger partial charge in [0.05, 0.1) is 12.2 Å². The zero-order valence-electron chi connectivity index (χ0n) is 16.6. The first-order valence-electron chi connectivity index (χ1n) is 10.7. The molecule has 1 aromatic rings. The highest BCUT2D eigenvalue weighted by Crippen LogP contribution is 2.46. The van der Waals surface area contributed by atoms with Crippen LogP contribution in [0.15, 0.2) is 42.5 Å². The van der Waals surface area contributed by atoms with Gasteiger partial charge in [0.1, 0.15) is 0 Å². The molecule has 3 rings (SSSR count). The Balaban J connectivity index is 1.52. The molecule has 3 heteroatoms. The van der Waals surface area contributed by atoms with Gasteiger partial charge in [0.2, 0.25) is 0 Å². The van der Waals surface area contributed by atoms with E-state index in [1.165, 1.54) is 32.1 Å². The number of hydrogen-bond donors (Lipinski definition) is 1. The fraction of sp³-hybridized carbons (Fsp3) is 0.625. The van der Waals surface area contributed by atoms with E-state index in [1.807, 2.05) is 43.3 Å². The maximum Gasteiger partial charge on any atom is 0.162 e. The summed E-state index contributed by atoms with van der Waals surface area (Å²) in [4.78, 5) is 12.6. The third kappa shape index (κ3) is 5.30. The van der Waals surface area contributed by atoms with Gasteiger partial charge in [0.25, 0.3) is 0 Å². The quantitative estimate of drug-likeness (QED) is 0.438. The number of hydrogen-bond acceptors (Lipinski definition) is 3. The van der Waals surface area contributed by atoms with E-state index in [0.29, 0.717) is 30.7 Å². The van der Waals surface area contributed by atoms with Gasteiger partial charge in [-0.1, -0.05) is 69.0 Å². The molecule has 0 saturated carbocycles. The number of ether oxygens (including phenoxy) is 1. The zero-order valence-corrected chi connectivity index (χ0v) is 16.6. The van der Waals surface area contributed by atoms with E-state index in [0.717, 1.165) is 24.8 Å². The molecule has 5 atom stereocenters. The molecule has 148 valence electrons. The van der Waals surface area contributed by atoms with E-state index in [2.05, 4.69) is 6.08 Å². The summed E-state index contributed by atoms with van der Waals surface area (Å²) in [5.74, 6) is 1.06. The van der Waals surface area contributed by atoms with E-state index in [1.54, 1.807) is 0 Å². The van der Waals surface area contributed by atoms with Gasteiger partial charge in [-0.15, -0.1) is 0 Å². The van der Waals surface area contributed by atoms with Crippen molar-refractivity contribution in [1.82, 2.24) is 0 Å². The standard InChI is InChI=1S/C24H34O3/c1-18(19-10-6-5-7-11-19)22(26)14-13-21-20(23-15-16-24(21)27-23)12-8-3-2-4-9-17-25/h5-7,10-11,13-14,18,20-21,23-25H,2-4,8-9,12,15-17H2,1H3/t18?,20-,21+,23-,24+/m1/s1. The summed E-state index contributed by atoms with van der Waals surface area (Å²) in [6.07, 6.45) is 13.9. The predicted octanol–water partition coefficient (Wildman–Crippen LogP) is 5.04. The molecule has 2 saturated heterocycles. The molecule has 0 aliphatic carbocycles. The Hall–Kier alpha value is -1.45.